The number of hydrogen-bond donors (Lipinski definition) is 1. The van der Waals surface area contributed by atoms with Crippen LogP contribution in [0.5, 0.6) is 0 Å². The Hall–Kier alpha value is -1.03. The van der Waals surface area contributed by atoms with Gasteiger partial charge in [0.1, 0.15) is 11.4 Å². The third-order valence-electron chi connectivity index (χ3n) is 1.17. The summed E-state index contributed by atoms with van der Waals surface area (Å²) in [6, 6.07) is 0. The van der Waals surface area contributed by atoms with Crippen molar-refractivity contribution in [2.75, 3.05) is 0 Å². The second kappa shape index (κ2) is 2.92. The Morgan fingerprint density at radius 1 is 1.82 bits per heavy atom. The average Bonchev–Trinajstić information content (AvgIpc) is 2.18. The van der Waals surface area contributed by atoms with Crippen LogP contribution in [0.15, 0.2) is 4.52 Å². The Morgan fingerprint density at radius 2 is 2.45 bits per heavy atom. The summed E-state index contributed by atoms with van der Waals surface area (Å²) in [6.45, 7) is 1.65. The van der Waals surface area contributed by atoms with Crippen molar-refractivity contribution in [1.82, 2.24) is 5.16 Å². The van der Waals surface area contributed by atoms with E-state index in [1.165, 1.54) is 0 Å². The van der Waals surface area contributed by atoms with E-state index in [1.54, 1.807) is 6.92 Å². The van der Waals surface area contributed by atoms with E-state index < -0.39 is 5.97 Å². The monoisotopic (exact) mass is 175 g/mol. The van der Waals surface area contributed by atoms with E-state index in [0.717, 1.165) is 0 Å². The molecule has 0 aromatic carbocycles. The first kappa shape index (κ1) is 8.07. The second-order valence-electron chi connectivity index (χ2n) is 2.08. The molecule has 1 rings (SSSR count). The number of aromatic nitrogens is 1. The van der Waals surface area contributed by atoms with Crippen LogP contribution < -0.4 is 0 Å². The normalized spacial score (nSPS) is 10.0. The van der Waals surface area contributed by atoms with Crippen molar-refractivity contribution in [2.45, 2.75) is 13.3 Å². The Morgan fingerprint density at radius 3 is 2.82 bits per heavy atom. The van der Waals surface area contributed by atoms with Crippen LogP contribution in [-0.2, 0) is 11.2 Å². The number of hydrogen-bond acceptors (Lipinski definition) is 3. The highest BCUT2D eigenvalue weighted by molar-refractivity contribution is 6.31. The Kier molecular flexibility index (Phi) is 2.14. The van der Waals surface area contributed by atoms with Gasteiger partial charge in [-0.05, 0) is 6.92 Å². The van der Waals surface area contributed by atoms with Crippen LogP contribution in [0.2, 0.25) is 5.02 Å². The van der Waals surface area contributed by atoms with Gasteiger partial charge >= 0.3 is 5.97 Å². The highest BCUT2D eigenvalue weighted by atomic mass is 35.5. The van der Waals surface area contributed by atoms with Crippen LogP contribution in [0.4, 0.5) is 0 Å². The van der Waals surface area contributed by atoms with Crippen LogP contribution >= 0.6 is 11.6 Å². The van der Waals surface area contributed by atoms with Crippen molar-refractivity contribution in [2.24, 2.45) is 0 Å². The minimum Gasteiger partial charge on any atom is -0.481 e. The molecule has 11 heavy (non-hydrogen) atoms. The third kappa shape index (κ3) is 1.71. The summed E-state index contributed by atoms with van der Waals surface area (Å²) in [5.74, 6) is -0.778. The maximum atomic E-state index is 10.2. The van der Waals surface area contributed by atoms with Crippen molar-refractivity contribution in [3.8, 4) is 0 Å². The van der Waals surface area contributed by atoms with Gasteiger partial charge in [0.15, 0.2) is 5.76 Å². The molecule has 1 aromatic rings. The fraction of sp³-hybridized carbons (Fsp3) is 0.333. The maximum Gasteiger partial charge on any atom is 0.311 e. The number of nitrogens with zero attached hydrogens (tertiary/aromatic N) is 1. The second-order valence-corrected chi connectivity index (χ2v) is 2.45. The number of halogens is 1. The molecule has 1 N–H and O–H groups in total. The molecule has 0 saturated carbocycles. The van der Waals surface area contributed by atoms with E-state index in [0.29, 0.717) is 10.7 Å². The molecule has 0 aliphatic rings. The fourth-order valence-corrected chi connectivity index (χ4v) is 0.789. The first-order chi connectivity index (χ1) is 5.11. The Balaban J connectivity index is 2.87. The predicted molar refractivity (Wildman–Crippen MR) is 37.6 cm³/mol. The topological polar surface area (TPSA) is 63.3 Å². The predicted octanol–water partition coefficient (Wildman–Crippen LogP) is 1.26. The lowest BCUT2D eigenvalue weighted by Gasteiger charge is -1.87. The molecule has 60 valence electrons. The number of carboxylic acids is 1. The SMILES string of the molecule is Cc1noc(CC(=O)O)c1Cl. The van der Waals surface area contributed by atoms with Crippen molar-refractivity contribution in [3.05, 3.63) is 16.5 Å². The zero-order valence-electron chi connectivity index (χ0n) is 5.80. The number of aliphatic carboxylic acids is 1. The molecule has 5 heteroatoms. The van der Waals surface area contributed by atoms with Crippen LogP contribution in [-0.4, -0.2) is 16.2 Å². The highest BCUT2D eigenvalue weighted by Gasteiger charge is 2.13. The van der Waals surface area contributed by atoms with Crippen molar-refractivity contribution in [3.63, 3.8) is 0 Å². The van der Waals surface area contributed by atoms with Crippen molar-refractivity contribution < 1.29 is 14.4 Å². The maximum absolute atomic E-state index is 10.2. The lowest BCUT2D eigenvalue weighted by Crippen LogP contribution is -1.98. The van der Waals surface area contributed by atoms with Gasteiger partial charge in [-0.3, -0.25) is 4.79 Å². The van der Waals surface area contributed by atoms with E-state index in [2.05, 4.69) is 9.68 Å². The van der Waals surface area contributed by atoms with Gasteiger partial charge in [-0.2, -0.15) is 0 Å². The lowest BCUT2D eigenvalue weighted by molar-refractivity contribution is -0.136. The Bertz CT molecular complexity index is 281. The quantitative estimate of drug-likeness (QED) is 0.735. The first-order valence-electron chi connectivity index (χ1n) is 2.93. The largest absolute Gasteiger partial charge is 0.481 e. The molecule has 0 unspecified atom stereocenters. The highest BCUT2D eigenvalue weighted by Crippen LogP contribution is 2.19. The van der Waals surface area contributed by atoms with E-state index in [4.69, 9.17) is 16.7 Å². The molecule has 0 aliphatic heterocycles. The summed E-state index contributed by atoms with van der Waals surface area (Å²) in [5, 5.41) is 12.2. The third-order valence-corrected chi connectivity index (χ3v) is 1.65. The van der Waals surface area contributed by atoms with E-state index >= 15 is 0 Å². The minimum absolute atomic E-state index is 0.205. The standard InChI is InChI=1S/C6H6ClNO3/c1-3-6(7)4(11-8-3)2-5(9)10/h2H2,1H3,(H,9,10). The van der Waals surface area contributed by atoms with Crippen LogP contribution in [0, 0.1) is 6.92 Å². The first-order valence-corrected chi connectivity index (χ1v) is 3.31. The van der Waals surface area contributed by atoms with Crippen LogP contribution in [0.3, 0.4) is 0 Å². The fourth-order valence-electron chi connectivity index (χ4n) is 0.653. The van der Waals surface area contributed by atoms with E-state index in [-0.39, 0.29) is 12.2 Å². The molecule has 4 nitrogen and oxygen atoms in total. The summed E-state index contributed by atoms with van der Waals surface area (Å²) >= 11 is 5.63. The summed E-state index contributed by atoms with van der Waals surface area (Å²) in [7, 11) is 0. The smallest absolute Gasteiger partial charge is 0.311 e. The molecule has 0 radical (unpaired) electrons. The van der Waals surface area contributed by atoms with Gasteiger partial charge in [0, 0.05) is 0 Å². The van der Waals surface area contributed by atoms with Gasteiger partial charge in [0.05, 0.1) is 5.69 Å². The van der Waals surface area contributed by atoms with Gasteiger partial charge in [0.25, 0.3) is 0 Å². The lowest BCUT2D eigenvalue weighted by atomic mass is 10.3. The van der Waals surface area contributed by atoms with Crippen molar-refractivity contribution >= 4 is 17.6 Å². The summed E-state index contributed by atoms with van der Waals surface area (Å²) in [5.41, 5.74) is 0.517. The average molecular weight is 176 g/mol. The molecular weight excluding hydrogens is 170 g/mol. The van der Waals surface area contributed by atoms with Gasteiger partial charge in [0.2, 0.25) is 0 Å². The molecule has 1 aromatic heterocycles. The number of carboxylic acid groups (broad SMARTS) is 1. The number of carbonyl (C=O) groups is 1. The minimum atomic E-state index is -0.983. The molecular formula is C6H6ClNO3. The van der Waals surface area contributed by atoms with E-state index in [1.807, 2.05) is 0 Å². The zero-order valence-corrected chi connectivity index (χ0v) is 6.55. The molecule has 0 aliphatic carbocycles. The van der Waals surface area contributed by atoms with Crippen LogP contribution in [0.1, 0.15) is 11.5 Å². The molecule has 0 atom stereocenters. The molecule has 0 saturated heterocycles. The number of rotatable bonds is 2. The molecule has 1 heterocycles. The molecule has 0 bridgehead atoms. The van der Waals surface area contributed by atoms with Gasteiger partial charge in [-0.1, -0.05) is 16.8 Å². The molecule has 0 fully saturated rings. The summed E-state index contributed by atoms with van der Waals surface area (Å²) < 4.78 is 4.64. The molecule has 0 amide bonds. The zero-order chi connectivity index (χ0) is 8.43. The van der Waals surface area contributed by atoms with Crippen molar-refractivity contribution in [1.29, 1.82) is 0 Å². The van der Waals surface area contributed by atoms with Gasteiger partial charge in [-0.25, -0.2) is 0 Å². The van der Waals surface area contributed by atoms with Gasteiger partial charge < -0.3 is 9.63 Å². The van der Waals surface area contributed by atoms with E-state index in [9.17, 15) is 4.79 Å². The summed E-state index contributed by atoms with van der Waals surface area (Å²) in [4.78, 5) is 10.2. The number of aryl methyl sites for hydroxylation is 1. The van der Waals surface area contributed by atoms with Gasteiger partial charge in [-0.15, -0.1) is 0 Å². The van der Waals surface area contributed by atoms with Crippen LogP contribution in [0.25, 0.3) is 0 Å². The molecule has 0 spiro atoms. The summed E-state index contributed by atoms with van der Waals surface area (Å²) in [6.07, 6.45) is -0.223. The Labute approximate surface area is 67.8 Å².